The van der Waals surface area contributed by atoms with E-state index in [1.807, 2.05) is 0 Å². The van der Waals surface area contributed by atoms with Crippen molar-refractivity contribution >= 4 is 26.5 Å². The normalized spacial score (nSPS) is 23.5. The third kappa shape index (κ3) is 3.50. The van der Waals surface area contributed by atoms with Gasteiger partial charge in [0.1, 0.15) is 0 Å². The number of hydrogen-bond acceptors (Lipinski definition) is 9. The molecule has 0 amide bonds. The maximum atomic E-state index is 12.6. The van der Waals surface area contributed by atoms with Gasteiger partial charge in [0.2, 0.25) is 0 Å². The zero-order valence-corrected chi connectivity index (χ0v) is 19.2. The van der Waals surface area contributed by atoms with Crippen LogP contribution >= 0.6 is 15.3 Å². The summed E-state index contributed by atoms with van der Waals surface area (Å²) in [5.74, 6) is 0. The van der Waals surface area contributed by atoms with Crippen LogP contribution in [-0.4, -0.2) is 83.2 Å². The molecule has 3 fully saturated rings. The van der Waals surface area contributed by atoms with Crippen LogP contribution in [0.4, 0.5) is 0 Å². The van der Waals surface area contributed by atoms with Crippen molar-refractivity contribution in [2.45, 2.75) is 38.5 Å². The molecule has 0 atom stereocenters. The van der Waals surface area contributed by atoms with E-state index in [-0.39, 0.29) is 0 Å². The minimum absolute atomic E-state index is 0.392. The van der Waals surface area contributed by atoms with E-state index in [2.05, 4.69) is 29.3 Å². The molecule has 3 aliphatic heterocycles. The Balaban J connectivity index is 1.76. The van der Waals surface area contributed by atoms with Crippen LogP contribution in [0.25, 0.3) is 11.2 Å². The molecule has 12 nitrogen and oxygen atoms in total. The van der Waals surface area contributed by atoms with E-state index in [1.54, 1.807) is 18.3 Å². The summed E-state index contributed by atoms with van der Waals surface area (Å²) in [6.07, 6.45) is 7.06. The molecule has 0 radical (unpaired) electrons. The van der Waals surface area contributed by atoms with Gasteiger partial charge in [-0.25, -0.2) is 0 Å². The first-order valence-electron chi connectivity index (χ1n) is 10.8. The molecule has 2 N–H and O–H groups in total. The van der Waals surface area contributed by atoms with Crippen LogP contribution in [-0.2, 0) is 8.88 Å². The molecule has 0 saturated carbocycles. The Kier molecular flexibility index (Phi) is 5.55. The van der Waals surface area contributed by atoms with E-state index in [1.165, 1.54) is 4.85 Å². The van der Waals surface area contributed by atoms with Crippen LogP contribution < -0.4 is 4.62 Å². The Labute approximate surface area is 180 Å². The van der Waals surface area contributed by atoms with E-state index >= 15 is 0 Å². The van der Waals surface area contributed by atoms with Crippen LogP contribution in [0.3, 0.4) is 0 Å². The van der Waals surface area contributed by atoms with Crippen molar-refractivity contribution in [2.24, 2.45) is 0 Å². The Morgan fingerprint density at radius 2 is 1.42 bits per heavy atom. The van der Waals surface area contributed by atoms with Gasteiger partial charge in [-0.3, -0.25) is 0 Å². The Hall–Kier alpha value is -1.23. The second-order valence-electron chi connectivity index (χ2n) is 8.28. The molecular weight excluding hydrogens is 444 g/mol. The van der Waals surface area contributed by atoms with Gasteiger partial charge in [-0.1, -0.05) is 0 Å². The summed E-state index contributed by atoms with van der Waals surface area (Å²) in [6, 6.07) is 3.53. The monoisotopic (exact) mass is 473 g/mol. The van der Waals surface area contributed by atoms with E-state index < -0.39 is 15.3 Å². The molecule has 172 valence electrons. The third-order valence-corrected chi connectivity index (χ3v) is 12.9. The summed E-state index contributed by atoms with van der Waals surface area (Å²) in [6.45, 7) is 3.78. The molecule has 5 heterocycles. The Morgan fingerprint density at radius 1 is 0.903 bits per heavy atom. The van der Waals surface area contributed by atoms with E-state index in [9.17, 15) is 14.4 Å². The second kappa shape index (κ2) is 7.97. The molecule has 31 heavy (non-hydrogen) atoms. The van der Waals surface area contributed by atoms with Crippen molar-refractivity contribution in [3.05, 3.63) is 18.3 Å². The summed E-state index contributed by atoms with van der Waals surface area (Å²) < 4.78 is 31.5. The molecule has 0 aromatic carbocycles. The van der Waals surface area contributed by atoms with Gasteiger partial charge < -0.3 is 0 Å². The van der Waals surface area contributed by atoms with Gasteiger partial charge in [-0.2, -0.15) is 0 Å². The van der Waals surface area contributed by atoms with Gasteiger partial charge in [0.05, 0.1) is 0 Å². The van der Waals surface area contributed by atoms with Crippen LogP contribution in [0, 0.1) is 0 Å². The topological polar surface area (TPSA) is 129 Å². The fourth-order valence-corrected chi connectivity index (χ4v) is 12.6. The third-order valence-electron chi connectivity index (χ3n) is 6.35. The van der Waals surface area contributed by atoms with Crippen molar-refractivity contribution in [3.63, 3.8) is 0 Å². The quantitative estimate of drug-likeness (QED) is 0.571. The molecule has 3 aliphatic rings. The molecule has 0 unspecified atom stereocenters. The van der Waals surface area contributed by atoms with Crippen molar-refractivity contribution in [1.82, 2.24) is 34.2 Å². The number of pyridine rings is 1. The molecule has 0 bridgehead atoms. The van der Waals surface area contributed by atoms with Crippen LogP contribution in [0.5, 0.6) is 0 Å². The Morgan fingerprint density at radius 3 is 1.90 bits per heavy atom. The Bertz CT molecular complexity index is 939. The van der Waals surface area contributed by atoms with Crippen LogP contribution in [0.1, 0.15) is 38.5 Å². The second-order valence-corrected chi connectivity index (χ2v) is 13.4. The van der Waals surface area contributed by atoms with Gasteiger partial charge in [0.15, 0.2) is 0 Å². The van der Waals surface area contributed by atoms with Gasteiger partial charge in [-0.05, 0) is 0 Å². The van der Waals surface area contributed by atoms with Crippen LogP contribution in [0.2, 0.25) is 0 Å². The fraction of sp³-hybridized carbons (Fsp3) is 0.706. The van der Waals surface area contributed by atoms with Crippen LogP contribution in [0.15, 0.2) is 18.3 Å². The zero-order chi connectivity index (χ0) is 21.6. The van der Waals surface area contributed by atoms with E-state index in [0.29, 0.717) is 50.4 Å². The molecule has 3 saturated heterocycles. The molecule has 2 aromatic rings. The first-order valence-corrected chi connectivity index (χ1v) is 14.3. The summed E-state index contributed by atoms with van der Waals surface area (Å²) in [5.41, 5.74) is 0.933. The summed E-state index contributed by atoms with van der Waals surface area (Å²) in [5, 5.41) is 8.32. The number of phosphoric acid groups is 1. The average molecular weight is 473 g/mol. The molecule has 14 heteroatoms. The molecule has 5 rings (SSSR count). The fourth-order valence-electron chi connectivity index (χ4n) is 5.11. The van der Waals surface area contributed by atoms with Gasteiger partial charge in [-0.15, -0.1) is 0 Å². The first-order chi connectivity index (χ1) is 14.9. The first kappa shape index (κ1) is 21.6. The number of nitrogens with zero attached hydrogens (tertiary/aromatic N) is 7. The maximum absolute atomic E-state index is 12.6. The van der Waals surface area contributed by atoms with Gasteiger partial charge >= 0.3 is 180 Å². The molecule has 0 aliphatic carbocycles. The molecule has 2 aromatic heterocycles. The zero-order valence-electron chi connectivity index (χ0n) is 17.4. The number of hydrogen-bond donors (Lipinski definition) is 2. The molecule has 0 spiro atoms. The van der Waals surface area contributed by atoms with E-state index in [0.717, 1.165) is 38.5 Å². The van der Waals surface area contributed by atoms with E-state index in [4.69, 9.17) is 8.94 Å². The predicted molar refractivity (Wildman–Crippen MR) is 114 cm³/mol. The van der Waals surface area contributed by atoms with Gasteiger partial charge in [0, 0.05) is 0 Å². The van der Waals surface area contributed by atoms with Gasteiger partial charge in [0.25, 0.3) is 0 Å². The molecular formula is C17H29N7O5P2. The number of rotatable bonds is 7. The van der Waals surface area contributed by atoms with Crippen molar-refractivity contribution in [3.8, 4) is 0 Å². The number of aromatic nitrogens is 4. The van der Waals surface area contributed by atoms with Crippen molar-refractivity contribution in [2.75, 3.05) is 39.3 Å². The number of fused-ring (bicyclic) bond motifs is 1. The average Bonchev–Trinajstić information content (AvgIpc) is 3.55. The summed E-state index contributed by atoms with van der Waals surface area (Å²) in [4.78, 5) is 26.1. The minimum atomic E-state index is -4.96. The van der Waals surface area contributed by atoms with Crippen molar-refractivity contribution in [1.29, 1.82) is 0 Å². The summed E-state index contributed by atoms with van der Waals surface area (Å²) in [7, 11) is -9.43. The predicted octanol–water partition coefficient (Wildman–Crippen LogP) is 1.78. The summed E-state index contributed by atoms with van der Waals surface area (Å²) >= 11 is 0. The SMILES string of the molecule is O=P(O)(O)OP(On1nnc2cccnc21)(N1CCCC1)(N1CCCC1)N1CCCC1. The van der Waals surface area contributed by atoms with Crippen molar-refractivity contribution < 1.29 is 23.3 Å². The standard InChI is InChI=1S/C17H29N7O5P2/c25-30(26,27)29-31(21-10-1-2-11-21,22-12-3-4-13-22,23-14-5-6-15-23)28-24-17-16(19-20-24)8-7-9-18-17/h7-9H,1-6,10-15H2,(H2,25,26,27).